The molecule has 1 heterocycles. The largest absolute Gasteiger partial charge is 0.394 e. The molecule has 6 nitrogen and oxygen atoms in total. The van der Waals surface area contributed by atoms with Crippen molar-refractivity contribution in [1.82, 2.24) is 9.97 Å². The molecular formula is C8H13N3O3. The third kappa shape index (κ3) is 2.54. The molecule has 0 aromatic carbocycles. The van der Waals surface area contributed by atoms with Gasteiger partial charge in [0.15, 0.2) is 0 Å². The summed E-state index contributed by atoms with van der Waals surface area (Å²) in [4.78, 5) is 17.5. The van der Waals surface area contributed by atoms with Crippen molar-refractivity contribution in [2.75, 3.05) is 18.5 Å². The van der Waals surface area contributed by atoms with Crippen LogP contribution in [0, 0.1) is 6.92 Å². The topological polar surface area (TPSA) is 98.2 Å². The molecule has 1 rings (SSSR count). The van der Waals surface area contributed by atoms with Gasteiger partial charge in [-0.1, -0.05) is 0 Å². The molecule has 0 spiro atoms. The molecule has 0 radical (unpaired) electrons. The van der Waals surface area contributed by atoms with E-state index in [0.717, 1.165) is 0 Å². The summed E-state index contributed by atoms with van der Waals surface area (Å²) in [7, 11) is 0. The van der Waals surface area contributed by atoms with Crippen molar-refractivity contribution in [2.24, 2.45) is 0 Å². The van der Waals surface area contributed by atoms with Gasteiger partial charge in [0.1, 0.15) is 0 Å². The molecule has 1 aromatic rings. The third-order valence-electron chi connectivity index (χ3n) is 1.76. The van der Waals surface area contributed by atoms with Crippen molar-refractivity contribution >= 4 is 5.95 Å². The highest BCUT2D eigenvalue weighted by atomic mass is 16.3. The van der Waals surface area contributed by atoms with Gasteiger partial charge in [-0.05, 0) is 6.92 Å². The average Bonchev–Trinajstić information content (AvgIpc) is 2.19. The van der Waals surface area contributed by atoms with Crippen LogP contribution >= 0.6 is 0 Å². The predicted octanol–water partition coefficient (Wildman–Crippen LogP) is -1.16. The van der Waals surface area contributed by atoms with Crippen molar-refractivity contribution < 1.29 is 10.2 Å². The zero-order chi connectivity index (χ0) is 10.6. The van der Waals surface area contributed by atoms with E-state index in [1.54, 1.807) is 6.92 Å². The number of aryl methyl sites for hydroxylation is 1. The van der Waals surface area contributed by atoms with Crippen molar-refractivity contribution in [3.05, 3.63) is 22.1 Å². The number of aromatic nitrogens is 2. The zero-order valence-electron chi connectivity index (χ0n) is 7.82. The van der Waals surface area contributed by atoms with Gasteiger partial charge in [0.25, 0.3) is 5.56 Å². The fraction of sp³-hybridized carbons (Fsp3) is 0.500. The van der Waals surface area contributed by atoms with E-state index in [-0.39, 0.29) is 24.7 Å². The standard InChI is InChI=1S/C8H13N3O3/c1-5-2-9-8(11-7(5)14)10-6(3-12)4-13/h2,6,12-13H,3-4H2,1H3,(H2,9,10,11,14). The molecule has 0 saturated heterocycles. The number of hydrogen-bond donors (Lipinski definition) is 4. The lowest BCUT2D eigenvalue weighted by atomic mass is 10.3. The first-order chi connectivity index (χ1) is 6.67. The first kappa shape index (κ1) is 10.7. The maximum absolute atomic E-state index is 11.1. The molecule has 0 saturated carbocycles. The summed E-state index contributed by atoms with van der Waals surface area (Å²) in [5.74, 6) is 0.244. The highest BCUT2D eigenvalue weighted by Crippen LogP contribution is 1.96. The average molecular weight is 199 g/mol. The molecule has 0 aliphatic carbocycles. The molecule has 4 N–H and O–H groups in total. The Balaban J connectivity index is 2.77. The molecule has 0 unspecified atom stereocenters. The SMILES string of the molecule is Cc1cnc(NC(CO)CO)[nH]c1=O. The maximum atomic E-state index is 11.1. The summed E-state index contributed by atoms with van der Waals surface area (Å²) < 4.78 is 0. The summed E-state index contributed by atoms with van der Waals surface area (Å²) in [6.07, 6.45) is 1.42. The fourth-order valence-corrected chi connectivity index (χ4v) is 0.874. The Morgan fingerprint density at radius 3 is 2.71 bits per heavy atom. The summed E-state index contributed by atoms with van der Waals surface area (Å²) >= 11 is 0. The summed E-state index contributed by atoms with van der Waals surface area (Å²) in [6.45, 7) is 1.19. The number of aliphatic hydroxyl groups excluding tert-OH is 2. The van der Waals surface area contributed by atoms with Gasteiger partial charge in [0.05, 0.1) is 19.3 Å². The number of nitrogens with one attached hydrogen (secondary N) is 2. The number of rotatable bonds is 4. The molecule has 6 heteroatoms. The van der Waals surface area contributed by atoms with E-state index in [0.29, 0.717) is 5.56 Å². The smallest absolute Gasteiger partial charge is 0.255 e. The molecule has 0 aliphatic heterocycles. The summed E-state index contributed by atoms with van der Waals surface area (Å²) in [5.41, 5.74) is 0.275. The van der Waals surface area contributed by atoms with Gasteiger partial charge in [-0.3, -0.25) is 9.78 Å². The van der Waals surface area contributed by atoms with Crippen molar-refractivity contribution in [2.45, 2.75) is 13.0 Å². The Kier molecular flexibility index (Phi) is 3.61. The van der Waals surface area contributed by atoms with E-state index < -0.39 is 6.04 Å². The molecule has 0 aliphatic rings. The van der Waals surface area contributed by atoms with E-state index in [2.05, 4.69) is 15.3 Å². The second-order valence-corrected chi connectivity index (χ2v) is 2.95. The summed E-state index contributed by atoms with van der Waals surface area (Å²) in [5, 5.41) is 20.2. The molecule has 0 amide bonds. The van der Waals surface area contributed by atoms with Crippen LogP contribution in [0.5, 0.6) is 0 Å². The van der Waals surface area contributed by atoms with Crippen LogP contribution in [0.25, 0.3) is 0 Å². The maximum Gasteiger partial charge on any atom is 0.255 e. The minimum absolute atomic E-state index is 0.228. The van der Waals surface area contributed by atoms with Crippen LogP contribution in [0.3, 0.4) is 0 Å². The van der Waals surface area contributed by atoms with Gasteiger partial charge in [0, 0.05) is 11.8 Å². The van der Waals surface area contributed by atoms with Gasteiger partial charge >= 0.3 is 0 Å². The van der Waals surface area contributed by atoms with Gasteiger partial charge in [-0.25, -0.2) is 4.98 Å². The first-order valence-electron chi connectivity index (χ1n) is 4.21. The Morgan fingerprint density at radius 2 is 2.21 bits per heavy atom. The second kappa shape index (κ2) is 4.73. The van der Waals surface area contributed by atoms with Gasteiger partial charge < -0.3 is 15.5 Å². The minimum atomic E-state index is -0.513. The molecule has 14 heavy (non-hydrogen) atoms. The van der Waals surface area contributed by atoms with E-state index in [9.17, 15) is 4.79 Å². The van der Waals surface area contributed by atoms with Gasteiger partial charge in [-0.2, -0.15) is 0 Å². The van der Waals surface area contributed by atoms with Crippen molar-refractivity contribution in [1.29, 1.82) is 0 Å². The molecule has 0 atom stereocenters. The van der Waals surface area contributed by atoms with E-state index >= 15 is 0 Å². The second-order valence-electron chi connectivity index (χ2n) is 2.95. The highest BCUT2D eigenvalue weighted by Gasteiger charge is 2.06. The fourth-order valence-electron chi connectivity index (χ4n) is 0.874. The molecule has 78 valence electrons. The Labute approximate surface area is 80.6 Å². The van der Waals surface area contributed by atoms with Crippen molar-refractivity contribution in [3.63, 3.8) is 0 Å². The number of anilines is 1. The number of aromatic amines is 1. The van der Waals surface area contributed by atoms with Crippen LogP contribution in [-0.4, -0.2) is 39.4 Å². The van der Waals surface area contributed by atoms with Crippen LogP contribution < -0.4 is 10.9 Å². The number of nitrogens with zero attached hydrogens (tertiary/aromatic N) is 1. The van der Waals surface area contributed by atoms with Crippen LogP contribution in [0.4, 0.5) is 5.95 Å². The van der Waals surface area contributed by atoms with E-state index in [1.807, 2.05) is 0 Å². The van der Waals surface area contributed by atoms with Gasteiger partial charge in [0.2, 0.25) is 5.95 Å². The molecule has 0 bridgehead atoms. The monoisotopic (exact) mass is 199 g/mol. The van der Waals surface area contributed by atoms with Crippen LogP contribution in [0.15, 0.2) is 11.0 Å². The van der Waals surface area contributed by atoms with Gasteiger partial charge in [-0.15, -0.1) is 0 Å². The molecule has 1 aromatic heterocycles. The Morgan fingerprint density at radius 1 is 1.57 bits per heavy atom. The predicted molar refractivity (Wildman–Crippen MR) is 51.2 cm³/mol. The number of aliphatic hydroxyl groups is 2. The zero-order valence-corrected chi connectivity index (χ0v) is 7.82. The number of H-pyrrole nitrogens is 1. The highest BCUT2D eigenvalue weighted by molar-refractivity contribution is 5.26. The van der Waals surface area contributed by atoms with E-state index in [4.69, 9.17) is 10.2 Å². The summed E-state index contributed by atoms with van der Waals surface area (Å²) in [6, 6.07) is -0.513. The van der Waals surface area contributed by atoms with Crippen LogP contribution in [0.2, 0.25) is 0 Å². The van der Waals surface area contributed by atoms with E-state index in [1.165, 1.54) is 6.20 Å². The molecular weight excluding hydrogens is 186 g/mol. The third-order valence-corrected chi connectivity index (χ3v) is 1.76. The van der Waals surface area contributed by atoms with Crippen LogP contribution in [0.1, 0.15) is 5.56 Å². The first-order valence-corrected chi connectivity index (χ1v) is 4.21. The van der Waals surface area contributed by atoms with Crippen LogP contribution in [-0.2, 0) is 0 Å². The lowest BCUT2D eigenvalue weighted by Crippen LogP contribution is -2.29. The van der Waals surface area contributed by atoms with Crippen molar-refractivity contribution in [3.8, 4) is 0 Å². The Bertz CT molecular complexity index is 346. The number of hydrogen-bond acceptors (Lipinski definition) is 5. The minimum Gasteiger partial charge on any atom is -0.394 e. The quantitative estimate of drug-likeness (QED) is 0.490. The lowest BCUT2D eigenvalue weighted by Gasteiger charge is -2.12. The molecule has 0 fully saturated rings. The lowest BCUT2D eigenvalue weighted by molar-refractivity contribution is 0.203. The normalized spacial score (nSPS) is 10.6. The Hall–Kier alpha value is -1.40.